The molecule has 148 valence electrons. The van der Waals surface area contributed by atoms with Crippen molar-refractivity contribution >= 4 is 39.1 Å². The second kappa shape index (κ2) is 9.89. The minimum absolute atomic E-state index is 0.114. The van der Waals surface area contributed by atoms with E-state index in [1.54, 1.807) is 24.3 Å². The van der Waals surface area contributed by atoms with Crippen LogP contribution in [0.3, 0.4) is 0 Å². The van der Waals surface area contributed by atoms with Crippen LogP contribution in [0.25, 0.3) is 0 Å². The lowest BCUT2D eigenvalue weighted by Gasteiger charge is -2.15. The number of carbonyl (C=O) groups is 2. The van der Waals surface area contributed by atoms with E-state index < -0.39 is 0 Å². The molecule has 0 heterocycles. The Morgan fingerprint density at radius 1 is 0.897 bits per heavy atom. The summed E-state index contributed by atoms with van der Waals surface area (Å²) in [6.07, 6.45) is 0. The molecule has 0 saturated carbocycles. The number of anilines is 2. The summed E-state index contributed by atoms with van der Waals surface area (Å²) in [7, 11) is 0. The molecule has 1 unspecified atom stereocenters. The average Bonchev–Trinajstić information content (AvgIpc) is 2.74. The van der Waals surface area contributed by atoms with E-state index in [9.17, 15) is 9.59 Å². The molecule has 1 atom stereocenters. The van der Waals surface area contributed by atoms with Crippen molar-refractivity contribution in [2.24, 2.45) is 0 Å². The van der Waals surface area contributed by atoms with Crippen LogP contribution in [0.2, 0.25) is 0 Å². The van der Waals surface area contributed by atoms with Gasteiger partial charge < -0.3 is 16.0 Å². The van der Waals surface area contributed by atoms with Crippen molar-refractivity contribution in [1.82, 2.24) is 5.32 Å². The van der Waals surface area contributed by atoms with Crippen LogP contribution in [0.4, 0.5) is 11.4 Å². The molecule has 3 rings (SSSR count). The number of rotatable bonds is 7. The lowest BCUT2D eigenvalue weighted by Crippen LogP contribution is -2.27. The van der Waals surface area contributed by atoms with Gasteiger partial charge in [0.05, 0.1) is 12.6 Å². The number of nitrogens with one attached hydrogen (secondary N) is 3. The fraction of sp³-hybridized carbons (Fsp3) is 0.130. The molecule has 2 amide bonds. The summed E-state index contributed by atoms with van der Waals surface area (Å²) in [5.74, 6) is -0.381. The van der Waals surface area contributed by atoms with Crippen LogP contribution in [-0.2, 0) is 4.79 Å². The summed E-state index contributed by atoms with van der Waals surface area (Å²) in [4.78, 5) is 24.8. The maximum absolute atomic E-state index is 12.6. The first kappa shape index (κ1) is 20.6. The van der Waals surface area contributed by atoms with Gasteiger partial charge in [-0.1, -0.05) is 52.3 Å². The molecule has 0 saturated heterocycles. The SMILES string of the molecule is CC(NC(=O)c1cccc(NC(=O)CNc2ccc(Br)cc2)c1)c1ccccc1. The number of benzene rings is 3. The van der Waals surface area contributed by atoms with Gasteiger partial charge in [-0.15, -0.1) is 0 Å². The van der Waals surface area contributed by atoms with Crippen LogP contribution in [0.15, 0.2) is 83.3 Å². The minimum atomic E-state index is -0.192. The Morgan fingerprint density at radius 3 is 2.34 bits per heavy atom. The molecule has 3 aromatic carbocycles. The van der Waals surface area contributed by atoms with Crippen molar-refractivity contribution in [2.45, 2.75) is 13.0 Å². The Morgan fingerprint density at radius 2 is 1.62 bits per heavy atom. The highest BCUT2D eigenvalue weighted by Crippen LogP contribution is 2.16. The number of halogens is 1. The molecule has 0 radical (unpaired) electrons. The van der Waals surface area contributed by atoms with Crippen LogP contribution >= 0.6 is 15.9 Å². The Balaban J connectivity index is 1.56. The van der Waals surface area contributed by atoms with E-state index in [4.69, 9.17) is 0 Å². The fourth-order valence-electron chi connectivity index (χ4n) is 2.80. The van der Waals surface area contributed by atoms with Crippen molar-refractivity contribution in [3.05, 3.63) is 94.5 Å². The van der Waals surface area contributed by atoms with Crippen molar-refractivity contribution in [3.63, 3.8) is 0 Å². The molecule has 0 aliphatic heterocycles. The largest absolute Gasteiger partial charge is 0.376 e. The van der Waals surface area contributed by atoms with Crippen LogP contribution < -0.4 is 16.0 Å². The Labute approximate surface area is 178 Å². The molecule has 0 fully saturated rings. The molecule has 5 nitrogen and oxygen atoms in total. The van der Waals surface area contributed by atoms with Gasteiger partial charge in [-0.05, 0) is 55.0 Å². The van der Waals surface area contributed by atoms with E-state index in [-0.39, 0.29) is 24.4 Å². The van der Waals surface area contributed by atoms with Crippen LogP contribution in [-0.4, -0.2) is 18.4 Å². The van der Waals surface area contributed by atoms with Gasteiger partial charge in [-0.2, -0.15) is 0 Å². The van der Waals surface area contributed by atoms with E-state index >= 15 is 0 Å². The molecule has 0 aliphatic carbocycles. The highest BCUT2D eigenvalue weighted by Gasteiger charge is 2.12. The third-order valence-electron chi connectivity index (χ3n) is 4.35. The van der Waals surface area contributed by atoms with Crippen LogP contribution in [0, 0.1) is 0 Å². The molecule has 29 heavy (non-hydrogen) atoms. The predicted molar refractivity (Wildman–Crippen MR) is 120 cm³/mol. The predicted octanol–water partition coefficient (Wildman–Crippen LogP) is 4.99. The van der Waals surface area contributed by atoms with Gasteiger partial charge in [0.15, 0.2) is 0 Å². The highest BCUT2D eigenvalue weighted by atomic mass is 79.9. The summed E-state index contributed by atoms with van der Waals surface area (Å²) in [6.45, 7) is 2.07. The second-order valence-electron chi connectivity index (χ2n) is 6.60. The molecule has 6 heteroatoms. The van der Waals surface area contributed by atoms with E-state index in [1.807, 2.05) is 61.5 Å². The zero-order valence-electron chi connectivity index (χ0n) is 16.0. The molecular weight excluding hydrogens is 430 g/mol. The minimum Gasteiger partial charge on any atom is -0.376 e. The molecule has 0 spiro atoms. The standard InChI is InChI=1S/C23H22BrN3O2/c1-16(17-6-3-2-4-7-17)26-23(29)18-8-5-9-21(14-18)27-22(28)15-25-20-12-10-19(24)11-13-20/h2-14,16,25H,15H2,1H3,(H,26,29)(H,27,28). The Kier molecular flexibility index (Phi) is 7.03. The third-order valence-corrected chi connectivity index (χ3v) is 4.88. The van der Waals surface area contributed by atoms with Crippen LogP contribution in [0.1, 0.15) is 28.9 Å². The molecule has 0 aromatic heterocycles. The smallest absolute Gasteiger partial charge is 0.251 e. The normalized spacial score (nSPS) is 11.4. The summed E-state index contributed by atoms with van der Waals surface area (Å²) >= 11 is 3.38. The topological polar surface area (TPSA) is 70.2 Å². The molecular formula is C23H22BrN3O2. The molecule has 0 aliphatic rings. The Hall–Kier alpha value is -3.12. The van der Waals surface area contributed by atoms with Gasteiger partial charge in [0.2, 0.25) is 5.91 Å². The third kappa shape index (κ3) is 6.19. The number of hydrogen-bond donors (Lipinski definition) is 3. The number of hydrogen-bond acceptors (Lipinski definition) is 3. The average molecular weight is 452 g/mol. The molecule has 3 N–H and O–H groups in total. The quantitative estimate of drug-likeness (QED) is 0.473. The maximum atomic E-state index is 12.6. The lowest BCUT2D eigenvalue weighted by atomic mass is 10.1. The van der Waals surface area contributed by atoms with E-state index in [0.29, 0.717) is 11.3 Å². The number of amides is 2. The summed E-state index contributed by atoms with van der Waals surface area (Å²) in [5, 5.41) is 8.85. The first-order chi connectivity index (χ1) is 14.0. The van der Waals surface area contributed by atoms with Gasteiger partial charge in [-0.3, -0.25) is 9.59 Å². The summed E-state index contributed by atoms with van der Waals surface area (Å²) < 4.78 is 0.976. The van der Waals surface area contributed by atoms with Crippen LogP contribution in [0.5, 0.6) is 0 Å². The lowest BCUT2D eigenvalue weighted by molar-refractivity contribution is -0.114. The second-order valence-corrected chi connectivity index (χ2v) is 7.51. The monoisotopic (exact) mass is 451 g/mol. The highest BCUT2D eigenvalue weighted by molar-refractivity contribution is 9.10. The van der Waals surface area contributed by atoms with Gasteiger partial charge in [0.1, 0.15) is 0 Å². The molecule has 0 bridgehead atoms. The van der Waals surface area contributed by atoms with Crippen molar-refractivity contribution in [3.8, 4) is 0 Å². The first-order valence-electron chi connectivity index (χ1n) is 9.26. The van der Waals surface area contributed by atoms with Gasteiger partial charge in [0.25, 0.3) is 5.91 Å². The zero-order valence-corrected chi connectivity index (χ0v) is 17.6. The maximum Gasteiger partial charge on any atom is 0.251 e. The van der Waals surface area contributed by atoms with Gasteiger partial charge >= 0.3 is 0 Å². The van der Waals surface area contributed by atoms with Crippen molar-refractivity contribution in [2.75, 3.05) is 17.2 Å². The van der Waals surface area contributed by atoms with E-state index in [2.05, 4.69) is 31.9 Å². The molecule has 3 aromatic rings. The van der Waals surface area contributed by atoms with Crippen molar-refractivity contribution < 1.29 is 9.59 Å². The van der Waals surface area contributed by atoms with Gasteiger partial charge in [-0.25, -0.2) is 0 Å². The zero-order chi connectivity index (χ0) is 20.6. The summed E-state index contributed by atoms with van der Waals surface area (Å²) in [6, 6.07) is 24.1. The van der Waals surface area contributed by atoms with E-state index in [1.165, 1.54) is 0 Å². The fourth-order valence-corrected chi connectivity index (χ4v) is 3.06. The van der Waals surface area contributed by atoms with Crippen molar-refractivity contribution in [1.29, 1.82) is 0 Å². The van der Waals surface area contributed by atoms with E-state index in [0.717, 1.165) is 15.7 Å². The number of carbonyl (C=O) groups excluding carboxylic acids is 2. The van der Waals surface area contributed by atoms with Gasteiger partial charge in [0, 0.05) is 21.4 Å². The summed E-state index contributed by atoms with van der Waals surface area (Å²) in [5.41, 5.74) is 2.95. The first-order valence-corrected chi connectivity index (χ1v) is 10.1. The Bertz CT molecular complexity index is 975.